The Morgan fingerprint density at radius 2 is 1.85 bits per heavy atom. The number of hydrogen-bond acceptors (Lipinski definition) is 3. The summed E-state index contributed by atoms with van der Waals surface area (Å²) >= 11 is 0. The Hall–Kier alpha value is -1.10. The van der Waals surface area contributed by atoms with E-state index < -0.39 is 0 Å². The number of halogens is 1. The van der Waals surface area contributed by atoms with Gasteiger partial charge < -0.3 is 10.6 Å². The highest BCUT2D eigenvalue weighted by Gasteiger charge is 2.35. The normalized spacial score (nSPS) is 24.2. The quantitative estimate of drug-likeness (QED) is 0.825. The van der Waals surface area contributed by atoms with E-state index in [2.05, 4.69) is 47.1 Å². The van der Waals surface area contributed by atoms with Crippen molar-refractivity contribution in [2.24, 2.45) is 11.7 Å². The average Bonchev–Trinajstić information content (AvgIpc) is 3.07. The molecule has 146 valence electrons. The maximum absolute atomic E-state index is 12.9. The molecular formula is C21H34ClN3O. The first-order valence-corrected chi connectivity index (χ1v) is 9.99. The van der Waals surface area contributed by atoms with E-state index in [0.29, 0.717) is 36.9 Å². The second-order valence-corrected chi connectivity index (χ2v) is 7.68. The molecule has 1 aliphatic heterocycles. The van der Waals surface area contributed by atoms with Crippen LogP contribution < -0.4 is 5.73 Å². The molecule has 1 heterocycles. The van der Waals surface area contributed by atoms with Gasteiger partial charge in [-0.1, -0.05) is 49.6 Å². The first kappa shape index (κ1) is 21.2. The van der Waals surface area contributed by atoms with Crippen molar-refractivity contribution < 1.29 is 4.79 Å². The minimum Gasteiger partial charge on any atom is -0.339 e. The number of likely N-dealkylation sites (tertiary alicyclic amines) is 1. The van der Waals surface area contributed by atoms with Gasteiger partial charge in [0, 0.05) is 31.6 Å². The van der Waals surface area contributed by atoms with Gasteiger partial charge in [-0.2, -0.15) is 0 Å². The SMILES string of the molecule is CCN(C(=O)CN1C[C@@H](CN)[C@H](c2ccccc2)C1)C1CCCCC1.Cl. The van der Waals surface area contributed by atoms with Gasteiger partial charge in [0.25, 0.3) is 0 Å². The summed E-state index contributed by atoms with van der Waals surface area (Å²) in [6.45, 7) is 6.06. The number of carbonyl (C=O) groups excluding carboxylic acids is 1. The third kappa shape index (κ3) is 4.99. The lowest BCUT2D eigenvalue weighted by atomic mass is 9.89. The summed E-state index contributed by atoms with van der Waals surface area (Å²) in [7, 11) is 0. The number of carbonyl (C=O) groups is 1. The van der Waals surface area contributed by atoms with Gasteiger partial charge in [0.2, 0.25) is 5.91 Å². The predicted molar refractivity (Wildman–Crippen MR) is 110 cm³/mol. The summed E-state index contributed by atoms with van der Waals surface area (Å²) in [5.41, 5.74) is 7.39. The zero-order valence-corrected chi connectivity index (χ0v) is 16.8. The topological polar surface area (TPSA) is 49.6 Å². The van der Waals surface area contributed by atoms with Crippen LogP contribution in [0, 0.1) is 5.92 Å². The van der Waals surface area contributed by atoms with Crippen LogP contribution in [0.1, 0.15) is 50.5 Å². The molecule has 1 saturated carbocycles. The minimum atomic E-state index is 0. The number of nitrogens with two attached hydrogens (primary N) is 1. The maximum Gasteiger partial charge on any atom is 0.236 e. The van der Waals surface area contributed by atoms with E-state index in [-0.39, 0.29) is 12.4 Å². The summed E-state index contributed by atoms with van der Waals surface area (Å²) in [5.74, 6) is 1.20. The van der Waals surface area contributed by atoms with Crippen molar-refractivity contribution in [2.45, 2.75) is 51.0 Å². The Morgan fingerprint density at radius 1 is 1.15 bits per heavy atom. The molecule has 1 aliphatic carbocycles. The third-order valence-electron chi connectivity index (χ3n) is 6.08. The maximum atomic E-state index is 12.9. The molecule has 0 aromatic heterocycles. The molecular weight excluding hydrogens is 346 g/mol. The zero-order valence-electron chi connectivity index (χ0n) is 16.0. The molecule has 3 rings (SSSR count). The van der Waals surface area contributed by atoms with Crippen LogP contribution in [0.5, 0.6) is 0 Å². The summed E-state index contributed by atoms with van der Waals surface area (Å²) < 4.78 is 0. The van der Waals surface area contributed by atoms with Crippen molar-refractivity contribution in [3.8, 4) is 0 Å². The fraction of sp³-hybridized carbons (Fsp3) is 0.667. The number of benzene rings is 1. The van der Waals surface area contributed by atoms with E-state index in [9.17, 15) is 4.79 Å². The van der Waals surface area contributed by atoms with E-state index in [4.69, 9.17) is 5.73 Å². The van der Waals surface area contributed by atoms with E-state index in [1.165, 1.54) is 37.7 Å². The Morgan fingerprint density at radius 3 is 2.46 bits per heavy atom. The lowest BCUT2D eigenvalue weighted by Crippen LogP contribution is -2.46. The highest BCUT2D eigenvalue weighted by atomic mass is 35.5. The molecule has 1 aromatic rings. The first-order valence-electron chi connectivity index (χ1n) is 9.99. The van der Waals surface area contributed by atoms with Gasteiger partial charge in [-0.25, -0.2) is 0 Å². The van der Waals surface area contributed by atoms with Crippen molar-refractivity contribution in [2.75, 3.05) is 32.7 Å². The molecule has 1 aromatic carbocycles. The molecule has 2 aliphatic rings. The number of likely N-dealkylation sites (N-methyl/N-ethyl adjacent to an activating group) is 1. The molecule has 0 unspecified atom stereocenters. The summed E-state index contributed by atoms with van der Waals surface area (Å²) in [6, 6.07) is 11.1. The van der Waals surface area contributed by atoms with Gasteiger partial charge in [0.05, 0.1) is 6.54 Å². The monoisotopic (exact) mass is 379 g/mol. The van der Waals surface area contributed by atoms with Crippen LogP contribution in [0.25, 0.3) is 0 Å². The largest absolute Gasteiger partial charge is 0.339 e. The number of nitrogens with zero attached hydrogens (tertiary/aromatic N) is 2. The number of hydrogen-bond donors (Lipinski definition) is 1. The Kier molecular flexibility index (Phi) is 8.39. The Bertz CT molecular complexity index is 547. The van der Waals surface area contributed by atoms with E-state index in [1.807, 2.05) is 0 Å². The second-order valence-electron chi connectivity index (χ2n) is 7.68. The van der Waals surface area contributed by atoms with Gasteiger partial charge in [-0.3, -0.25) is 9.69 Å². The molecule has 26 heavy (non-hydrogen) atoms. The van der Waals surface area contributed by atoms with Gasteiger partial charge >= 0.3 is 0 Å². The smallest absolute Gasteiger partial charge is 0.236 e. The van der Waals surface area contributed by atoms with Gasteiger partial charge in [-0.05, 0) is 37.8 Å². The number of amides is 1. The highest BCUT2D eigenvalue weighted by Crippen LogP contribution is 2.32. The fourth-order valence-corrected chi connectivity index (χ4v) is 4.72. The Balaban J connectivity index is 0.00000243. The predicted octanol–water partition coefficient (Wildman–Crippen LogP) is 3.26. The molecule has 1 amide bonds. The third-order valence-corrected chi connectivity index (χ3v) is 6.08. The summed E-state index contributed by atoms with van der Waals surface area (Å²) in [6.07, 6.45) is 6.22. The molecule has 4 nitrogen and oxygen atoms in total. The van der Waals surface area contributed by atoms with Crippen molar-refractivity contribution >= 4 is 18.3 Å². The number of rotatable bonds is 6. The first-order chi connectivity index (χ1) is 12.2. The van der Waals surface area contributed by atoms with Crippen molar-refractivity contribution in [1.29, 1.82) is 0 Å². The van der Waals surface area contributed by atoms with Crippen LogP contribution in [-0.2, 0) is 4.79 Å². The molecule has 0 spiro atoms. The van der Waals surface area contributed by atoms with E-state index in [0.717, 1.165) is 19.6 Å². The van der Waals surface area contributed by atoms with Crippen molar-refractivity contribution in [3.05, 3.63) is 35.9 Å². The second kappa shape index (κ2) is 10.3. The molecule has 0 bridgehead atoms. The van der Waals surface area contributed by atoms with Crippen LogP contribution >= 0.6 is 12.4 Å². The van der Waals surface area contributed by atoms with Crippen molar-refractivity contribution in [3.63, 3.8) is 0 Å². The van der Waals surface area contributed by atoms with Crippen LogP contribution in [0.15, 0.2) is 30.3 Å². The Labute approximate surface area is 164 Å². The summed E-state index contributed by atoms with van der Waals surface area (Å²) in [4.78, 5) is 17.4. The summed E-state index contributed by atoms with van der Waals surface area (Å²) in [5, 5.41) is 0. The molecule has 5 heteroatoms. The van der Waals surface area contributed by atoms with Crippen LogP contribution in [0.3, 0.4) is 0 Å². The molecule has 2 fully saturated rings. The van der Waals surface area contributed by atoms with E-state index in [1.54, 1.807) is 0 Å². The standard InChI is InChI=1S/C21H33N3O.ClH/c1-2-24(19-11-7-4-8-12-19)21(25)16-23-14-18(13-22)20(15-23)17-9-5-3-6-10-17;/h3,5-6,9-10,18-20H,2,4,7-8,11-16,22H2,1H3;1H/t18-,20+;/m1./s1. The molecule has 1 saturated heterocycles. The molecule has 2 atom stereocenters. The lowest BCUT2D eigenvalue weighted by molar-refractivity contribution is -0.135. The minimum absolute atomic E-state index is 0. The van der Waals surface area contributed by atoms with E-state index >= 15 is 0 Å². The van der Waals surface area contributed by atoms with Gasteiger partial charge in [-0.15, -0.1) is 12.4 Å². The fourth-order valence-electron chi connectivity index (χ4n) is 4.72. The van der Waals surface area contributed by atoms with Gasteiger partial charge in [0.15, 0.2) is 0 Å². The molecule has 0 radical (unpaired) electrons. The van der Waals surface area contributed by atoms with Gasteiger partial charge in [0.1, 0.15) is 0 Å². The van der Waals surface area contributed by atoms with Crippen LogP contribution in [0.4, 0.5) is 0 Å². The van der Waals surface area contributed by atoms with Crippen LogP contribution in [-0.4, -0.2) is 54.5 Å². The average molecular weight is 380 g/mol. The lowest BCUT2D eigenvalue weighted by Gasteiger charge is -2.34. The van der Waals surface area contributed by atoms with Crippen LogP contribution in [0.2, 0.25) is 0 Å². The molecule has 2 N–H and O–H groups in total. The van der Waals surface area contributed by atoms with Crippen molar-refractivity contribution in [1.82, 2.24) is 9.80 Å². The highest BCUT2D eigenvalue weighted by molar-refractivity contribution is 5.85. The zero-order chi connectivity index (χ0) is 17.6.